The number of ether oxygens (including phenoxy) is 2. The van der Waals surface area contributed by atoms with Gasteiger partial charge in [-0.2, -0.15) is 0 Å². The summed E-state index contributed by atoms with van der Waals surface area (Å²) in [6.45, 7) is 3.78. The first-order valence-corrected chi connectivity index (χ1v) is 10.7. The summed E-state index contributed by atoms with van der Waals surface area (Å²) in [5, 5.41) is 17.7. The largest absolute Gasteiger partial charge is 0.463 e. The van der Waals surface area contributed by atoms with Gasteiger partial charge in [0.05, 0.1) is 19.8 Å². The molecule has 0 saturated carbocycles. The van der Waals surface area contributed by atoms with E-state index in [-0.39, 0.29) is 19.2 Å². The second-order valence-corrected chi connectivity index (χ2v) is 7.12. The molecule has 1 fully saturated rings. The summed E-state index contributed by atoms with van der Waals surface area (Å²) in [5.74, 6) is -0.277. The molecule has 1 heterocycles. The highest BCUT2D eigenvalue weighted by atomic mass is 16.6. The average molecular weight is 375 g/mol. The van der Waals surface area contributed by atoms with Crippen molar-refractivity contribution in [1.82, 2.24) is 0 Å². The van der Waals surface area contributed by atoms with E-state index in [0.29, 0.717) is 6.42 Å². The topological polar surface area (TPSA) is 79.3 Å². The molecule has 0 spiro atoms. The van der Waals surface area contributed by atoms with Crippen molar-refractivity contribution in [2.75, 3.05) is 26.4 Å². The molecule has 1 aliphatic rings. The Bertz CT molecular complexity index is 291. The first-order chi connectivity index (χ1) is 12.7. The van der Waals surface area contributed by atoms with Crippen LogP contribution in [0.4, 0.5) is 0 Å². The Morgan fingerprint density at radius 1 is 0.885 bits per heavy atom. The summed E-state index contributed by atoms with van der Waals surface area (Å²) in [6, 6.07) is 0. The molecule has 0 aromatic carbocycles. The van der Waals surface area contributed by atoms with Gasteiger partial charge < -0.3 is 19.7 Å². The Balaban J connectivity index is 0.00000187. The third-order valence-electron chi connectivity index (χ3n) is 4.34. The smallest absolute Gasteiger partial charge is 0.305 e. The molecule has 0 aromatic heterocycles. The fourth-order valence-corrected chi connectivity index (χ4v) is 2.60. The van der Waals surface area contributed by atoms with E-state index in [2.05, 4.69) is 11.7 Å². The Labute approximate surface area is 160 Å². The number of carbonyl (C=O) groups excluding carboxylic acids is 1. The van der Waals surface area contributed by atoms with Crippen molar-refractivity contribution in [3.05, 3.63) is 0 Å². The number of aliphatic hydroxyl groups is 2. The Kier molecular flexibility index (Phi) is 20.1. The standard InChI is InChI=1S/C19H38O4.C2H4O/c1-2-3-4-5-6-7-8-9-10-11-12-13-14-15-19(22)23-17-18(21)16-20;1-2-3-1/h18,20-21H,2-17H2,1H3;1-2H2. The summed E-state index contributed by atoms with van der Waals surface area (Å²) < 4.78 is 9.35. The van der Waals surface area contributed by atoms with Crippen LogP contribution < -0.4 is 0 Å². The molecule has 0 aromatic rings. The van der Waals surface area contributed by atoms with Crippen molar-refractivity contribution in [1.29, 1.82) is 0 Å². The Morgan fingerprint density at radius 3 is 1.69 bits per heavy atom. The zero-order valence-electron chi connectivity index (χ0n) is 16.9. The van der Waals surface area contributed by atoms with Crippen LogP contribution in [0.1, 0.15) is 96.8 Å². The van der Waals surface area contributed by atoms with Crippen LogP contribution in [-0.4, -0.2) is 48.7 Å². The fourth-order valence-electron chi connectivity index (χ4n) is 2.60. The van der Waals surface area contributed by atoms with Crippen LogP contribution in [0.15, 0.2) is 0 Å². The van der Waals surface area contributed by atoms with Gasteiger partial charge in [0.15, 0.2) is 0 Å². The molecule has 26 heavy (non-hydrogen) atoms. The van der Waals surface area contributed by atoms with E-state index in [4.69, 9.17) is 14.9 Å². The molecule has 2 N–H and O–H groups in total. The molecule has 0 radical (unpaired) electrons. The molecule has 1 atom stereocenters. The van der Waals surface area contributed by atoms with Gasteiger partial charge in [0.25, 0.3) is 0 Å². The second kappa shape index (κ2) is 20.7. The molecular weight excluding hydrogens is 332 g/mol. The summed E-state index contributed by atoms with van der Waals surface area (Å²) in [5.41, 5.74) is 0. The summed E-state index contributed by atoms with van der Waals surface area (Å²) in [6.07, 6.45) is 16.1. The van der Waals surface area contributed by atoms with E-state index < -0.39 is 6.10 Å². The third-order valence-corrected chi connectivity index (χ3v) is 4.34. The van der Waals surface area contributed by atoms with Crippen LogP contribution in [0.3, 0.4) is 0 Å². The fraction of sp³-hybridized carbons (Fsp3) is 0.952. The molecule has 156 valence electrons. The van der Waals surface area contributed by atoms with Crippen LogP contribution >= 0.6 is 0 Å². The highest BCUT2D eigenvalue weighted by molar-refractivity contribution is 5.69. The second-order valence-electron chi connectivity index (χ2n) is 7.12. The molecule has 0 aliphatic carbocycles. The van der Waals surface area contributed by atoms with Gasteiger partial charge in [0.2, 0.25) is 0 Å². The molecule has 1 unspecified atom stereocenters. The van der Waals surface area contributed by atoms with E-state index in [1.54, 1.807) is 0 Å². The van der Waals surface area contributed by atoms with Crippen molar-refractivity contribution in [2.45, 2.75) is 103 Å². The van der Waals surface area contributed by atoms with Crippen LogP contribution in [-0.2, 0) is 14.3 Å². The summed E-state index contributed by atoms with van der Waals surface area (Å²) in [7, 11) is 0. The quantitative estimate of drug-likeness (QED) is 0.224. The van der Waals surface area contributed by atoms with E-state index in [1.807, 2.05) is 0 Å². The lowest BCUT2D eigenvalue weighted by Crippen LogP contribution is -2.21. The minimum absolute atomic E-state index is 0.103. The maximum Gasteiger partial charge on any atom is 0.305 e. The highest BCUT2D eigenvalue weighted by Gasteiger charge is 2.07. The summed E-state index contributed by atoms with van der Waals surface area (Å²) in [4.78, 5) is 11.3. The number of hydrogen-bond donors (Lipinski definition) is 2. The van der Waals surface area contributed by atoms with Gasteiger partial charge in [0, 0.05) is 6.42 Å². The van der Waals surface area contributed by atoms with Crippen LogP contribution in [0, 0.1) is 0 Å². The normalized spacial score (nSPS) is 13.7. The Morgan fingerprint density at radius 2 is 1.31 bits per heavy atom. The number of esters is 1. The van der Waals surface area contributed by atoms with Crippen LogP contribution in [0.5, 0.6) is 0 Å². The highest BCUT2D eigenvalue weighted by Crippen LogP contribution is 2.13. The zero-order valence-corrected chi connectivity index (χ0v) is 16.9. The average Bonchev–Trinajstić information content (AvgIpc) is 3.52. The maximum absolute atomic E-state index is 11.3. The SMILES string of the molecule is C1CO1.CCCCCCCCCCCCCCCC(=O)OCC(O)CO. The lowest BCUT2D eigenvalue weighted by Gasteiger charge is -2.08. The van der Waals surface area contributed by atoms with Gasteiger partial charge in [-0.1, -0.05) is 84.0 Å². The van der Waals surface area contributed by atoms with Gasteiger partial charge in [-0.3, -0.25) is 4.79 Å². The molecule has 1 saturated heterocycles. The first-order valence-electron chi connectivity index (χ1n) is 10.7. The molecule has 0 bridgehead atoms. The van der Waals surface area contributed by atoms with Gasteiger partial charge in [-0.15, -0.1) is 0 Å². The van der Waals surface area contributed by atoms with Gasteiger partial charge >= 0.3 is 5.97 Å². The van der Waals surface area contributed by atoms with Crippen molar-refractivity contribution in [2.24, 2.45) is 0 Å². The predicted octanol–water partition coefficient (Wildman–Crippen LogP) is 4.38. The number of hydrogen-bond acceptors (Lipinski definition) is 5. The molecular formula is C21H42O5. The molecule has 5 nitrogen and oxygen atoms in total. The number of epoxide rings is 1. The van der Waals surface area contributed by atoms with E-state index in [0.717, 1.165) is 26.1 Å². The van der Waals surface area contributed by atoms with Crippen molar-refractivity contribution < 1.29 is 24.5 Å². The monoisotopic (exact) mass is 374 g/mol. The van der Waals surface area contributed by atoms with Gasteiger partial charge in [-0.25, -0.2) is 0 Å². The first kappa shape index (κ1) is 25.4. The minimum Gasteiger partial charge on any atom is -0.463 e. The van der Waals surface area contributed by atoms with Crippen molar-refractivity contribution in [3.63, 3.8) is 0 Å². The third kappa shape index (κ3) is 23.4. The number of carbonyl (C=O) groups is 1. The number of rotatable bonds is 17. The predicted molar refractivity (Wildman–Crippen MR) is 105 cm³/mol. The van der Waals surface area contributed by atoms with Crippen LogP contribution in [0.25, 0.3) is 0 Å². The minimum atomic E-state index is -0.953. The lowest BCUT2D eigenvalue weighted by molar-refractivity contribution is -0.147. The van der Waals surface area contributed by atoms with E-state index in [9.17, 15) is 4.79 Å². The van der Waals surface area contributed by atoms with Gasteiger partial charge in [0.1, 0.15) is 12.7 Å². The number of unbranched alkanes of at least 4 members (excludes halogenated alkanes) is 12. The molecule has 5 heteroatoms. The molecule has 1 rings (SSSR count). The maximum atomic E-state index is 11.3. The number of aliphatic hydroxyl groups excluding tert-OH is 2. The summed E-state index contributed by atoms with van der Waals surface area (Å²) >= 11 is 0. The Hall–Kier alpha value is -0.650. The van der Waals surface area contributed by atoms with E-state index in [1.165, 1.54) is 70.6 Å². The lowest BCUT2D eigenvalue weighted by atomic mass is 10.0. The van der Waals surface area contributed by atoms with Crippen molar-refractivity contribution >= 4 is 5.97 Å². The van der Waals surface area contributed by atoms with Crippen LogP contribution in [0.2, 0.25) is 0 Å². The van der Waals surface area contributed by atoms with Crippen molar-refractivity contribution in [3.8, 4) is 0 Å². The van der Waals surface area contributed by atoms with E-state index >= 15 is 0 Å². The van der Waals surface area contributed by atoms with Gasteiger partial charge in [-0.05, 0) is 6.42 Å². The zero-order chi connectivity index (χ0) is 19.3. The molecule has 0 amide bonds. The molecule has 1 aliphatic heterocycles.